The summed E-state index contributed by atoms with van der Waals surface area (Å²) in [5.74, 6) is -2.33. The van der Waals surface area contributed by atoms with Crippen LogP contribution >= 0.6 is 0 Å². The van der Waals surface area contributed by atoms with Crippen molar-refractivity contribution in [3.05, 3.63) is 64.5 Å². The number of benzene rings is 2. The molecule has 0 aliphatic carbocycles. The number of hydrogen-bond donors (Lipinski definition) is 3. The number of nitrogens with one attached hydrogen (secondary N) is 1. The number of carbonyl (C=O) groups excluding carboxylic acids is 2. The number of halogens is 2. The van der Waals surface area contributed by atoms with Gasteiger partial charge in [-0.05, 0) is 61.8 Å². The fourth-order valence-corrected chi connectivity index (χ4v) is 3.77. The number of hydrazine groups is 1. The molecule has 2 amide bonds. The van der Waals surface area contributed by atoms with E-state index in [0.717, 1.165) is 23.3 Å². The van der Waals surface area contributed by atoms with Crippen molar-refractivity contribution in [2.75, 3.05) is 6.67 Å². The van der Waals surface area contributed by atoms with Crippen molar-refractivity contribution >= 4 is 24.4 Å². The molecule has 0 saturated carbocycles. The number of aryl methyl sites for hydroxylation is 2. The molecule has 0 radical (unpaired) electrons. The van der Waals surface area contributed by atoms with E-state index in [1.165, 1.54) is 11.1 Å². The predicted octanol–water partition coefficient (Wildman–Crippen LogP) is 3.07. The first-order chi connectivity index (χ1) is 15.3. The standard InChI is InChI=1S/C24H31BF2N2O4/c1-15-11-16(2)13-17(12-15)23(31)29(21(7-6-10-26)24(3,4)5)28-22(30)19-9-8-18(25(32)33)14-20(19)27/h8-9,11-14,21,32-33H,6-7,10H2,1-5H3,(H,28,30). The van der Waals surface area contributed by atoms with E-state index in [-0.39, 0.29) is 23.9 Å². The van der Waals surface area contributed by atoms with Crippen molar-refractivity contribution in [3.8, 4) is 0 Å². The quantitative estimate of drug-likeness (QED) is 0.438. The van der Waals surface area contributed by atoms with E-state index in [1.54, 1.807) is 12.1 Å². The van der Waals surface area contributed by atoms with Crippen LogP contribution in [0.5, 0.6) is 0 Å². The molecule has 1 atom stereocenters. The summed E-state index contributed by atoms with van der Waals surface area (Å²) < 4.78 is 27.6. The van der Waals surface area contributed by atoms with Crippen LogP contribution < -0.4 is 10.9 Å². The highest BCUT2D eigenvalue weighted by molar-refractivity contribution is 6.58. The van der Waals surface area contributed by atoms with Gasteiger partial charge in [-0.2, -0.15) is 0 Å². The van der Waals surface area contributed by atoms with E-state index < -0.39 is 42.9 Å². The Morgan fingerprint density at radius 3 is 2.18 bits per heavy atom. The summed E-state index contributed by atoms with van der Waals surface area (Å²) in [4.78, 5) is 26.5. The zero-order chi connectivity index (χ0) is 24.9. The molecule has 0 aromatic heterocycles. The molecule has 2 aromatic carbocycles. The van der Waals surface area contributed by atoms with Gasteiger partial charge in [-0.3, -0.25) is 19.4 Å². The lowest BCUT2D eigenvalue weighted by Crippen LogP contribution is -2.56. The van der Waals surface area contributed by atoms with Crippen LogP contribution in [0.25, 0.3) is 0 Å². The third-order valence-corrected chi connectivity index (χ3v) is 5.37. The summed E-state index contributed by atoms with van der Waals surface area (Å²) in [6, 6.07) is 7.90. The van der Waals surface area contributed by atoms with Gasteiger partial charge < -0.3 is 10.0 Å². The minimum absolute atomic E-state index is 0.109. The monoisotopic (exact) mass is 460 g/mol. The Bertz CT molecular complexity index is 988. The molecule has 0 saturated heterocycles. The van der Waals surface area contributed by atoms with Crippen LogP contribution in [0.3, 0.4) is 0 Å². The van der Waals surface area contributed by atoms with Crippen molar-refractivity contribution in [1.29, 1.82) is 0 Å². The molecule has 178 valence electrons. The van der Waals surface area contributed by atoms with Gasteiger partial charge in [-0.15, -0.1) is 0 Å². The highest BCUT2D eigenvalue weighted by Crippen LogP contribution is 2.29. The molecule has 0 spiro atoms. The van der Waals surface area contributed by atoms with Gasteiger partial charge in [0.25, 0.3) is 11.8 Å². The van der Waals surface area contributed by atoms with Gasteiger partial charge >= 0.3 is 7.12 Å². The van der Waals surface area contributed by atoms with Gasteiger partial charge in [0.05, 0.1) is 18.3 Å². The molecular weight excluding hydrogens is 429 g/mol. The second kappa shape index (κ2) is 10.9. The first-order valence-corrected chi connectivity index (χ1v) is 10.8. The number of alkyl halides is 1. The minimum atomic E-state index is -1.88. The minimum Gasteiger partial charge on any atom is -0.423 e. The fourth-order valence-electron chi connectivity index (χ4n) is 3.77. The SMILES string of the molecule is Cc1cc(C)cc(C(=O)N(NC(=O)c2ccc(B(O)O)cc2F)C(CCCF)C(C)(C)C)c1. The normalized spacial score (nSPS) is 12.3. The maximum Gasteiger partial charge on any atom is 0.488 e. The van der Waals surface area contributed by atoms with E-state index in [0.29, 0.717) is 5.56 Å². The highest BCUT2D eigenvalue weighted by atomic mass is 19.1. The Kier molecular flexibility index (Phi) is 8.74. The molecule has 2 rings (SSSR count). The Morgan fingerprint density at radius 2 is 1.70 bits per heavy atom. The van der Waals surface area contributed by atoms with Crippen LogP contribution in [0.15, 0.2) is 36.4 Å². The summed E-state index contributed by atoms with van der Waals surface area (Å²) >= 11 is 0. The molecule has 9 heteroatoms. The Morgan fingerprint density at radius 1 is 1.09 bits per heavy atom. The second-order valence-corrected chi connectivity index (χ2v) is 9.32. The molecule has 6 nitrogen and oxygen atoms in total. The van der Waals surface area contributed by atoms with Crippen molar-refractivity contribution in [2.24, 2.45) is 5.41 Å². The summed E-state index contributed by atoms with van der Waals surface area (Å²) in [5, 5.41) is 19.6. The van der Waals surface area contributed by atoms with Crippen LogP contribution in [-0.2, 0) is 0 Å². The van der Waals surface area contributed by atoms with E-state index in [9.17, 15) is 28.4 Å². The van der Waals surface area contributed by atoms with Gasteiger partial charge in [0.1, 0.15) is 5.82 Å². The average molecular weight is 460 g/mol. The maximum absolute atomic E-state index is 14.5. The summed E-state index contributed by atoms with van der Waals surface area (Å²) in [7, 11) is -1.88. The van der Waals surface area contributed by atoms with Crippen molar-refractivity contribution in [3.63, 3.8) is 0 Å². The molecule has 0 fully saturated rings. The fraction of sp³-hybridized carbons (Fsp3) is 0.417. The smallest absolute Gasteiger partial charge is 0.423 e. The topological polar surface area (TPSA) is 89.9 Å². The average Bonchev–Trinajstić information content (AvgIpc) is 2.70. The molecule has 3 N–H and O–H groups in total. The third kappa shape index (κ3) is 6.85. The van der Waals surface area contributed by atoms with E-state index in [1.807, 2.05) is 40.7 Å². The first kappa shape index (κ1) is 26.5. The van der Waals surface area contributed by atoms with E-state index >= 15 is 0 Å². The van der Waals surface area contributed by atoms with E-state index in [4.69, 9.17) is 0 Å². The largest absolute Gasteiger partial charge is 0.488 e. The molecule has 33 heavy (non-hydrogen) atoms. The lowest BCUT2D eigenvalue weighted by molar-refractivity contribution is 0.0262. The highest BCUT2D eigenvalue weighted by Gasteiger charge is 2.35. The number of nitrogens with zero attached hydrogens (tertiary/aromatic N) is 1. The molecule has 0 heterocycles. The summed E-state index contributed by atoms with van der Waals surface area (Å²) in [6.45, 7) is 8.75. The van der Waals surface area contributed by atoms with Crippen LogP contribution in [0, 0.1) is 25.1 Å². The Hall–Kier alpha value is -2.78. The number of carbonyl (C=O) groups is 2. The molecule has 0 bridgehead atoms. The van der Waals surface area contributed by atoms with Crippen LogP contribution in [0.4, 0.5) is 8.78 Å². The number of hydrogen-bond acceptors (Lipinski definition) is 4. The van der Waals surface area contributed by atoms with Crippen LogP contribution in [-0.4, -0.2) is 46.7 Å². The molecule has 1 unspecified atom stereocenters. The molecule has 0 aliphatic heterocycles. The zero-order valence-corrected chi connectivity index (χ0v) is 19.7. The lowest BCUT2D eigenvalue weighted by atomic mass is 9.80. The summed E-state index contributed by atoms with van der Waals surface area (Å²) in [6.07, 6.45) is 0.473. The van der Waals surface area contributed by atoms with Gasteiger partial charge in [0.2, 0.25) is 0 Å². The summed E-state index contributed by atoms with van der Waals surface area (Å²) in [5.41, 5.74) is 3.61. The Labute approximate surface area is 193 Å². The Balaban J connectivity index is 2.49. The van der Waals surface area contributed by atoms with Crippen molar-refractivity contribution < 1.29 is 28.4 Å². The number of amides is 2. The predicted molar refractivity (Wildman–Crippen MR) is 124 cm³/mol. The van der Waals surface area contributed by atoms with Gasteiger partial charge in [-0.25, -0.2) is 9.40 Å². The lowest BCUT2D eigenvalue weighted by Gasteiger charge is -2.40. The van der Waals surface area contributed by atoms with Crippen LogP contribution in [0.1, 0.15) is 65.5 Å². The van der Waals surface area contributed by atoms with Gasteiger partial charge in [0, 0.05) is 5.56 Å². The molecular formula is C24H31BF2N2O4. The second-order valence-electron chi connectivity index (χ2n) is 9.32. The molecule has 2 aromatic rings. The van der Waals surface area contributed by atoms with Gasteiger partial charge in [-0.1, -0.05) is 44.0 Å². The van der Waals surface area contributed by atoms with Gasteiger partial charge in [0.15, 0.2) is 0 Å². The zero-order valence-electron chi connectivity index (χ0n) is 19.7. The van der Waals surface area contributed by atoms with E-state index in [2.05, 4.69) is 5.43 Å². The molecule has 0 aliphatic rings. The maximum atomic E-state index is 14.5. The first-order valence-electron chi connectivity index (χ1n) is 10.8. The number of rotatable bonds is 7. The van der Waals surface area contributed by atoms with Crippen molar-refractivity contribution in [2.45, 2.75) is 53.5 Å². The van der Waals surface area contributed by atoms with Crippen molar-refractivity contribution in [1.82, 2.24) is 10.4 Å². The van der Waals surface area contributed by atoms with Crippen LogP contribution in [0.2, 0.25) is 0 Å². The third-order valence-electron chi connectivity index (χ3n) is 5.37.